The van der Waals surface area contributed by atoms with Crippen molar-refractivity contribution in [1.29, 1.82) is 0 Å². The number of hydrogen-bond acceptors (Lipinski definition) is 7. The first-order valence-electron chi connectivity index (χ1n) is 9.18. The normalized spacial score (nSPS) is 14.4. The van der Waals surface area contributed by atoms with Crippen LogP contribution >= 0.6 is 22.6 Å². The lowest BCUT2D eigenvalue weighted by molar-refractivity contribution is 0.288. The van der Waals surface area contributed by atoms with Gasteiger partial charge in [-0.15, -0.1) is 5.10 Å². The molecule has 3 aromatic rings. The predicted octanol–water partition coefficient (Wildman–Crippen LogP) is 4.46. The molecule has 0 spiro atoms. The van der Waals surface area contributed by atoms with Gasteiger partial charge in [0.05, 0.1) is 23.1 Å². The Hall–Kier alpha value is -2.27. The number of anilines is 3. The second-order valence-corrected chi connectivity index (χ2v) is 7.68. The van der Waals surface area contributed by atoms with Gasteiger partial charge in [0, 0.05) is 29.4 Å². The van der Waals surface area contributed by atoms with E-state index >= 15 is 0 Å². The summed E-state index contributed by atoms with van der Waals surface area (Å²) in [6, 6.07) is 7.24. The van der Waals surface area contributed by atoms with E-state index in [-0.39, 0.29) is 5.82 Å². The summed E-state index contributed by atoms with van der Waals surface area (Å²) in [5.41, 5.74) is 1.63. The van der Waals surface area contributed by atoms with Crippen LogP contribution in [0.15, 0.2) is 41.1 Å². The maximum absolute atomic E-state index is 14.2. The maximum Gasteiger partial charge on any atom is 0.333 e. The molecule has 28 heavy (non-hydrogen) atoms. The van der Waals surface area contributed by atoms with Gasteiger partial charge in [0.15, 0.2) is 0 Å². The summed E-state index contributed by atoms with van der Waals surface area (Å²) in [6.45, 7) is 4.78. The van der Waals surface area contributed by atoms with Crippen LogP contribution < -0.4 is 10.3 Å². The van der Waals surface area contributed by atoms with E-state index in [1.165, 1.54) is 6.07 Å². The molecule has 0 saturated carbocycles. The molecule has 9 heteroatoms. The molecule has 1 aliphatic heterocycles. The molecule has 7 nitrogen and oxygen atoms in total. The highest BCUT2D eigenvalue weighted by Crippen LogP contribution is 2.31. The first kappa shape index (κ1) is 19.1. The Morgan fingerprint density at radius 1 is 1.21 bits per heavy atom. The van der Waals surface area contributed by atoms with Gasteiger partial charge < -0.3 is 9.73 Å². The molecule has 1 aliphatic rings. The van der Waals surface area contributed by atoms with Crippen molar-refractivity contribution in [3.63, 3.8) is 0 Å². The van der Waals surface area contributed by atoms with Crippen molar-refractivity contribution in [3.8, 4) is 11.5 Å². The highest BCUT2D eigenvalue weighted by molar-refractivity contribution is 14.1. The topological polar surface area (TPSA) is 70.3 Å². The molecule has 0 aliphatic carbocycles. The van der Waals surface area contributed by atoms with Crippen molar-refractivity contribution in [2.75, 3.05) is 30.0 Å². The van der Waals surface area contributed by atoms with Crippen molar-refractivity contribution in [1.82, 2.24) is 20.2 Å². The number of nitrogens with one attached hydrogen (secondary N) is 1. The van der Waals surface area contributed by atoms with Crippen molar-refractivity contribution < 1.29 is 8.81 Å². The van der Waals surface area contributed by atoms with Crippen LogP contribution in [-0.4, -0.2) is 39.8 Å². The third-order valence-corrected chi connectivity index (χ3v) is 5.28. The minimum atomic E-state index is -0.334. The van der Waals surface area contributed by atoms with E-state index in [0.717, 1.165) is 36.0 Å². The number of hydrogen-bond donors (Lipinski definition) is 1. The summed E-state index contributed by atoms with van der Waals surface area (Å²) in [5.74, 6) is 0.0302. The molecule has 1 aromatic carbocycles. The van der Waals surface area contributed by atoms with Gasteiger partial charge in [-0.05, 0) is 66.6 Å². The van der Waals surface area contributed by atoms with Crippen molar-refractivity contribution in [3.05, 3.63) is 46.0 Å². The van der Waals surface area contributed by atoms with Gasteiger partial charge in [-0.1, -0.05) is 5.10 Å². The second kappa shape index (κ2) is 8.39. The second-order valence-electron chi connectivity index (χ2n) is 6.44. The van der Waals surface area contributed by atoms with Crippen LogP contribution in [-0.2, 0) is 0 Å². The first-order valence-corrected chi connectivity index (χ1v) is 10.3. The van der Waals surface area contributed by atoms with Gasteiger partial charge in [-0.25, -0.2) is 9.40 Å². The van der Waals surface area contributed by atoms with Crippen molar-refractivity contribution >= 4 is 40.0 Å². The van der Waals surface area contributed by atoms with Gasteiger partial charge in [-0.2, -0.15) is 0 Å². The summed E-state index contributed by atoms with van der Waals surface area (Å²) in [5, 5.41) is 15.8. The van der Waals surface area contributed by atoms with Gasteiger partial charge in [0.25, 0.3) is 5.89 Å². The minimum absolute atomic E-state index is 0.334. The molecule has 3 heterocycles. The Bertz CT molecular complexity index is 959. The molecule has 1 fully saturated rings. The largest absolute Gasteiger partial charge is 0.402 e. The lowest BCUT2D eigenvalue weighted by Crippen LogP contribution is -2.40. The highest BCUT2D eigenvalue weighted by Gasteiger charge is 2.24. The number of aromatic nitrogens is 3. The number of pyridine rings is 1. The standard InChI is InChI=1S/C19H20FIN6O/c1-2-27(26-9-3-4-10-26)19-25-24-18(28-19)14-7-8-22-12-17(14)23-16-6-5-13(21)11-15(16)20/h5-8,11-12,23H,2-4,9-10H2,1H3. The molecule has 146 valence electrons. The molecule has 0 amide bonds. The molecule has 4 rings (SSSR count). The predicted molar refractivity (Wildman–Crippen MR) is 114 cm³/mol. The molecule has 1 N–H and O–H groups in total. The Balaban J connectivity index is 1.62. The summed E-state index contributed by atoms with van der Waals surface area (Å²) >= 11 is 2.08. The lowest BCUT2D eigenvalue weighted by atomic mass is 10.2. The third-order valence-electron chi connectivity index (χ3n) is 4.61. The van der Waals surface area contributed by atoms with Crippen LogP contribution in [0, 0.1) is 9.39 Å². The first-order chi connectivity index (χ1) is 13.7. The quantitative estimate of drug-likeness (QED) is 0.508. The Labute approximate surface area is 176 Å². The minimum Gasteiger partial charge on any atom is -0.402 e. The van der Waals surface area contributed by atoms with Gasteiger partial charge in [-0.3, -0.25) is 9.99 Å². The van der Waals surface area contributed by atoms with E-state index in [0.29, 0.717) is 28.8 Å². The Morgan fingerprint density at radius 2 is 2.04 bits per heavy atom. The zero-order valence-corrected chi connectivity index (χ0v) is 17.6. The van der Waals surface area contributed by atoms with Crippen LogP contribution in [0.5, 0.6) is 0 Å². The fourth-order valence-corrected chi connectivity index (χ4v) is 3.70. The molecule has 0 bridgehead atoms. The number of hydrazine groups is 1. The number of rotatable bonds is 6. The summed E-state index contributed by atoms with van der Waals surface area (Å²) in [4.78, 5) is 4.14. The third kappa shape index (κ3) is 3.95. The molecule has 1 saturated heterocycles. The molecule has 0 unspecified atom stereocenters. The zero-order valence-electron chi connectivity index (χ0n) is 15.4. The average Bonchev–Trinajstić information content (AvgIpc) is 3.38. The highest BCUT2D eigenvalue weighted by atomic mass is 127. The van der Waals surface area contributed by atoms with Crippen molar-refractivity contribution in [2.24, 2.45) is 0 Å². The monoisotopic (exact) mass is 494 g/mol. The molecule has 2 aromatic heterocycles. The Morgan fingerprint density at radius 3 is 2.79 bits per heavy atom. The number of benzene rings is 1. The van der Waals surface area contributed by atoms with Crippen LogP contribution in [0.3, 0.4) is 0 Å². The van der Waals surface area contributed by atoms with Gasteiger partial charge in [0.1, 0.15) is 5.82 Å². The Kier molecular flexibility index (Phi) is 5.72. The zero-order chi connectivity index (χ0) is 19.5. The molecular formula is C19H20FIN6O. The fraction of sp³-hybridized carbons (Fsp3) is 0.316. The lowest BCUT2D eigenvalue weighted by Gasteiger charge is -2.28. The smallest absolute Gasteiger partial charge is 0.333 e. The SMILES string of the molecule is CCN(c1nnc(-c2ccncc2Nc2ccc(I)cc2F)o1)N1CCCC1. The summed E-state index contributed by atoms with van der Waals surface area (Å²) in [7, 11) is 0. The number of nitrogens with zero attached hydrogens (tertiary/aromatic N) is 5. The van der Waals surface area contributed by atoms with Gasteiger partial charge in [0.2, 0.25) is 0 Å². The average molecular weight is 494 g/mol. The van der Waals surface area contributed by atoms with Crippen molar-refractivity contribution in [2.45, 2.75) is 19.8 Å². The molecule has 0 radical (unpaired) electrons. The van der Waals surface area contributed by atoms with Crippen LogP contribution in [0.4, 0.5) is 21.8 Å². The van der Waals surface area contributed by atoms with E-state index in [1.54, 1.807) is 24.5 Å². The van der Waals surface area contributed by atoms with E-state index in [1.807, 2.05) is 11.1 Å². The summed E-state index contributed by atoms with van der Waals surface area (Å²) in [6.07, 6.45) is 5.59. The van der Waals surface area contributed by atoms with E-state index < -0.39 is 0 Å². The maximum atomic E-state index is 14.2. The fourth-order valence-electron chi connectivity index (χ4n) is 3.24. The van der Waals surface area contributed by atoms with E-state index in [2.05, 4.69) is 55.0 Å². The van der Waals surface area contributed by atoms with E-state index in [9.17, 15) is 4.39 Å². The van der Waals surface area contributed by atoms with Crippen LogP contribution in [0.1, 0.15) is 19.8 Å². The van der Waals surface area contributed by atoms with E-state index in [4.69, 9.17) is 4.42 Å². The van der Waals surface area contributed by atoms with Gasteiger partial charge >= 0.3 is 6.01 Å². The molecular weight excluding hydrogens is 474 g/mol. The number of halogens is 2. The van der Waals surface area contributed by atoms with Crippen LogP contribution in [0.2, 0.25) is 0 Å². The summed E-state index contributed by atoms with van der Waals surface area (Å²) < 4.78 is 21.0. The molecule has 0 atom stereocenters. The van der Waals surface area contributed by atoms with Crippen LogP contribution in [0.25, 0.3) is 11.5 Å².